The van der Waals surface area contributed by atoms with Crippen LogP contribution < -0.4 is 5.32 Å². The minimum Gasteiger partial charge on any atom is -0.614 e. The van der Waals surface area contributed by atoms with Crippen LogP contribution in [0.2, 0.25) is 0 Å². The lowest BCUT2D eigenvalue weighted by Crippen LogP contribution is -2.72. The Labute approximate surface area is 224 Å². The monoisotopic (exact) mass is 532 g/mol. The summed E-state index contributed by atoms with van der Waals surface area (Å²) in [6, 6.07) is 25.6. The molecule has 0 radical (unpaired) electrons. The van der Waals surface area contributed by atoms with E-state index in [1.54, 1.807) is 13.8 Å². The van der Waals surface area contributed by atoms with Crippen LogP contribution in [-0.2, 0) is 36.8 Å². The third-order valence-electron chi connectivity index (χ3n) is 6.90. The number of nitrogens with one attached hydrogen (secondary N) is 1. The van der Waals surface area contributed by atoms with Gasteiger partial charge < -0.3 is 19.3 Å². The highest BCUT2D eigenvalue weighted by Gasteiger charge is 2.73. The van der Waals surface area contributed by atoms with Crippen molar-refractivity contribution in [3.05, 3.63) is 108 Å². The van der Waals surface area contributed by atoms with E-state index in [9.17, 15) is 18.9 Å². The molecule has 38 heavy (non-hydrogen) atoms. The van der Waals surface area contributed by atoms with Gasteiger partial charge in [0.25, 0.3) is 5.91 Å². The molecule has 9 heteroatoms. The van der Waals surface area contributed by atoms with Crippen LogP contribution in [0.4, 0.5) is 4.79 Å². The molecule has 3 aromatic rings. The van der Waals surface area contributed by atoms with E-state index < -0.39 is 57.5 Å². The van der Waals surface area contributed by atoms with Crippen LogP contribution in [0.1, 0.15) is 36.6 Å². The lowest BCUT2D eigenvalue weighted by Gasteiger charge is -2.41. The lowest BCUT2D eigenvalue weighted by atomic mass is 9.95. The van der Waals surface area contributed by atoms with Crippen molar-refractivity contribution in [1.82, 2.24) is 10.2 Å². The Bertz CT molecular complexity index is 1260. The first-order valence-corrected chi connectivity index (χ1v) is 13.5. The quantitative estimate of drug-likeness (QED) is 0.283. The van der Waals surface area contributed by atoms with E-state index >= 15 is 0 Å². The maximum Gasteiger partial charge on any atom is 0.408 e. The molecule has 2 saturated heterocycles. The smallest absolute Gasteiger partial charge is 0.408 e. The zero-order valence-electron chi connectivity index (χ0n) is 21.0. The van der Waals surface area contributed by atoms with Gasteiger partial charge in [-0.1, -0.05) is 91.0 Å². The van der Waals surface area contributed by atoms with E-state index in [0.717, 1.165) is 16.7 Å². The van der Waals surface area contributed by atoms with Gasteiger partial charge in [0.05, 0.1) is 0 Å². The van der Waals surface area contributed by atoms with Crippen molar-refractivity contribution >= 4 is 29.1 Å². The number of nitrogens with zero attached hydrogens (tertiary/aromatic N) is 1. The van der Waals surface area contributed by atoms with Gasteiger partial charge in [-0.2, -0.15) is 0 Å². The highest BCUT2D eigenvalue weighted by atomic mass is 32.2. The fourth-order valence-electron chi connectivity index (χ4n) is 4.93. The first kappa shape index (κ1) is 25.8. The number of fused-ring (bicyclic) bond motifs is 1. The summed E-state index contributed by atoms with van der Waals surface area (Å²) in [6.07, 6.45) is -1.49. The van der Waals surface area contributed by atoms with E-state index in [1.165, 1.54) is 4.90 Å². The molecular formula is C29H28N2O6S. The van der Waals surface area contributed by atoms with Crippen molar-refractivity contribution in [3.63, 3.8) is 0 Å². The average molecular weight is 533 g/mol. The lowest BCUT2D eigenvalue weighted by molar-refractivity contribution is -0.166. The van der Waals surface area contributed by atoms with Crippen molar-refractivity contribution in [2.24, 2.45) is 0 Å². The molecule has 2 heterocycles. The predicted octanol–water partition coefficient (Wildman–Crippen LogP) is 3.69. The fraction of sp³-hybridized carbons (Fsp3) is 0.276. The molecule has 1 N–H and O–H groups in total. The van der Waals surface area contributed by atoms with E-state index in [1.807, 2.05) is 91.0 Å². The van der Waals surface area contributed by atoms with Gasteiger partial charge in [0.2, 0.25) is 5.37 Å². The summed E-state index contributed by atoms with van der Waals surface area (Å²) < 4.78 is 23.6. The molecule has 0 aliphatic carbocycles. The molecule has 0 spiro atoms. The van der Waals surface area contributed by atoms with E-state index in [-0.39, 0.29) is 6.61 Å². The van der Waals surface area contributed by atoms with E-state index in [2.05, 4.69) is 5.32 Å². The Morgan fingerprint density at radius 2 is 1.47 bits per heavy atom. The molecule has 8 nitrogen and oxygen atoms in total. The number of hydrogen-bond acceptors (Lipinski definition) is 6. The number of carbonyl (C=O) groups excluding carboxylic acids is 3. The zero-order chi connectivity index (χ0) is 26.9. The normalized spacial score (nSPS) is 23.4. The summed E-state index contributed by atoms with van der Waals surface area (Å²) in [7, 11) is 0. The molecule has 2 unspecified atom stereocenters. The Balaban J connectivity index is 1.31. The third-order valence-corrected chi connectivity index (χ3v) is 9.10. The zero-order valence-corrected chi connectivity index (χ0v) is 21.8. The van der Waals surface area contributed by atoms with Gasteiger partial charge in [0.1, 0.15) is 6.61 Å². The second-order valence-corrected chi connectivity index (χ2v) is 11.9. The SMILES string of the molecule is CC1(C)[C@H](C(=O)OC(c2ccccc2)c2ccccc2)N2C(=O)C(NC(=O)OCc3ccccc3)[C@H]2[S+]1[O-]. The molecule has 4 atom stereocenters. The van der Waals surface area contributed by atoms with Gasteiger partial charge in [0.15, 0.2) is 22.9 Å². The van der Waals surface area contributed by atoms with Crippen LogP contribution in [0.3, 0.4) is 0 Å². The van der Waals surface area contributed by atoms with Gasteiger partial charge in [-0.25, -0.2) is 9.59 Å². The van der Waals surface area contributed by atoms with Crippen LogP contribution >= 0.6 is 0 Å². The molecule has 0 saturated carbocycles. The molecule has 2 fully saturated rings. The third kappa shape index (κ3) is 4.75. The number of hydrogen-bond donors (Lipinski definition) is 1. The summed E-state index contributed by atoms with van der Waals surface area (Å²) >= 11 is -1.65. The van der Waals surface area contributed by atoms with Gasteiger partial charge >= 0.3 is 12.1 Å². The van der Waals surface area contributed by atoms with E-state index in [4.69, 9.17) is 9.47 Å². The number of rotatable bonds is 7. The van der Waals surface area contributed by atoms with E-state index in [0.29, 0.717) is 0 Å². The highest BCUT2D eigenvalue weighted by molar-refractivity contribution is 7.94. The largest absolute Gasteiger partial charge is 0.614 e. The Morgan fingerprint density at radius 3 is 2.03 bits per heavy atom. The maximum atomic E-state index is 13.6. The number of ether oxygens (including phenoxy) is 2. The van der Waals surface area contributed by atoms with Crippen molar-refractivity contribution in [2.45, 2.75) is 48.8 Å². The number of carbonyl (C=O) groups is 3. The van der Waals surface area contributed by atoms with Crippen LogP contribution in [0, 0.1) is 0 Å². The molecule has 5 rings (SSSR count). The second kappa shape index (κ2) is 10.5. The summed E-state index contributed by atoms with van der Waals surface area (Å²) in [5, 5.41) is 1.68. The Hall–Kier alpha value is -3.82. The molecule has 3 aromatic carbocycles. The molecule has 0 bridgehead atoms. The molecule has 0 aromatic heterocycles. The number of alkyl carbamates (subject to hydrolysis) is 1. The number of benzene rings is 3. The number of esters is 1. The standard InChI is InChI=1S/C29H28N2O6S/c1-29(2)24(27(33)37-23(20-14-8-4-9-15-20)21-16-10-5-11-17-21)31-25(32)22(26(31)38(29)35)30-28(34)36-18-19-12-6-3-7-13-19/h3-17,22-24,26H,18H2,1-2H3,(H,30,34)/t22?,24-,26+,38?/m0/s1. The average Bonchev–Trinajstić information content (AvgIpc) is 3.13. The summed E-state index contributed by atoms with van der Waals surface area (Å²) in [5.74, 6) is -1.15. The van der Waals surface area contributed by atoms with Gasteiger partial charge in [-0.15, -0.1) is 0 Å². The fourth-order valence-corrected chi connectivity index (χ4v) is 6.85. The van der Waals surface area contributed by atoms with Crippen LogP contribution in [0.5, 0.6) is 0 Å². The molecule has 2 aliphatic heterocycles. The number of β-lactam (4-membered cyclic amide) rings is 1. The van der Waals surface area contributed by atoms with Gasteiger partial charge in [-0.05, 0) is 41.7 Å². The van der Waals surface area contributed by atoms with Crippen LogP contribution in [0.25, 0.3) is 0 Å². The Morgan fingerprint density at radius 1 is 0.947 bits per heavy atom. The van der Waals surface area contributed by atoms with Crippen molar-refractivity contribution < 1.29 is 28.4 Å². The Kier molecular flexibility index (Phi) is 7.14. The van der Waals surface area contributed by atoms with Gasteiger partial charge in [-0.3, -0.25) is 9.69 Å². The second-order valence-electron chi connectivity index (χ2n) is 9.76. The van der Waals surface area contributed by atoms with Crippen molar-refractivity contribution in [2.75, 3.05) is 0 Å². The maximum absolute atomic E-state index is 13.6. The number of amides is 2. The van der Waals surface area contributed by atoms with Gasteiger partial charge in [0, 0.05) is 0 Å². The minimum absolute atomic E-state index is 0.0336. The summed E-state index contributed by atoms with van der Waals surface area (Å²) in [6.45, 7) is 3.38. The topological polar surface area (TPSA) is 108 Å². The minimum atomic E-state index is -1.65. The molecular weight excluding hydrogens is 504 g/mol. The summed E-state index contributed by atoms with van der Waals surface area (Å²) in [5.41, 5.74) is 2.34. The molecule has 196 valence electrons. The molecule has 2 amide bonds. The molecule has 2 aliphatic rings. The summed E-state index contributed by atoms with van der Waals surface area (Å²) in [4.78, 5) is 40.5. The first-order valence-electron chi connectivity index (χ1n) is 12.3. The van der Waals surface area contributed by atoms with Crippen LogP contribution in [0.15, 0.2) is 91.0 Å². The highest BCUT2D eigenvalue weighted by Crippen LogP contribution is 2.47. The van der Waals surface area contributed by atoms with Crippen molar-refractivity contribution in [3.8, 4) is 0 Å². The van der Waals surface area contributed by atoms with Crippen LogP contribution in [-0.4, -0.2) is 49.6 Å². The first-order chi connectivity index (χ1) is 18.3. The van der Waals surface area contributed by atoms with Crippen molar-refractivity contribution in [1.29, 1.82) is 0 Å². The predicted molar refractivity (Wildman–Crippen MR) is 141 cm³/mol.